The van der Waals surface area contributed by atoms with Crippen molar-refractivity contribution < 1.29 is 8.42 Å². The molecule has 0 saturated carbocycles. The maximum absolute atomic E-state index is 11.2. The molecule has 0 amide bonds. The molecule has 0 spiro atoms. The Morgan fingerprint density at radius 1 is 1.47 bits per heavy atom. The minimum Gasteiger partial charge on any atom is -0.367 e. The van der Waals surface area contributed by atoms with Gasteiger partial charge in [-0.1, -0.05) is 6.92 Å². The van der Waals surface area contributed by atoms with E-state index in [-0.39, 0.29) is 5.75 Å². The van der Waals surface area contributed by atoms with Gasteiger partial charge >= 0.3 is 0 Å². The van der Waals surface area contributed by atoms with Gasteiger partial charge in [0.1, 0.15) is 0 Å². The molecule has 0 atom stereocenters. The van der Waals surface area contributed by atoms with Crippen molar-refractivity contribution in [2.45, 2.75) is 13.5 Å². The number of hydrogen-bond donors (Lipinski definition) is 3. The fraction of sp³-hybridized carbons (Fsp3) is 0.556. The zero-order valence-corrected chi connectivity index (χ0v) is 9.60. The third-order valence-corrected chi connectivity index (χ3v) is 3.37. The van der Waals surface area contributed by atoms with Crippen molar-refractivity contribution in [3.05, 3.63) is 24.0 Å². The molecule has 0 aromatic carbocycles. The topological polar surface area (TPSA) is 74.0 Å². The Morgan fingerprint density at radius 3 is 2.87 bits per heavy atom. The van der Waals surface area contributed by atoms with Crippen molar-refractivity contribution in [2.75, 3.05) is 18.8 Å². The molecule has 86 valence electrons. The summed E-state index contributed by atoms with van der Waals surface area (Å²) in [4.78, 5) is 2.94. The maximum atomic E-state index is 11.2. The summed E-state index contributed by atoms with van der Waals surface area (Å²) < 4.78 is 24.9. The van der Waals surface area contributed by atoms with Crippen LogP contribution < -0.4 is 10.0 Å². The van der Waals surface area contributed by atoms with Gasteiger partial charge in [0.25, 0.3) is 0 Å². The van der Waals surface area contributed by atoms with Gasteiger partial charge in [-0.2, -0.15) is 0 Å². The van der Waals surface area contributed by atoms with Gasteiger partial charge in [-0.3, -0.25) is 0 Å². The molecule has 0 radical (unpaired) electrons. The molecule has 0 unspecified atom stereocenters. The standard InChI is InChI=1S/C9H17N3O2S/c1-2-12-15(13,14)6-5-11-8-9-3-4-10-7-9/h3-4,7,10-12H,2,5-6,8H2,1H3. The minimum absolute atomic E-state index is 0.116. The van der Waals surface area contributed by atoms with Gasteiger partial charge in [0.15, 0.2) is 0 Å². The van der Waals surface area contributed by atoms with Gasteiger partial charge in [-0.25, -0.2) is 13.1 Å². The van der Waals surface area contributed by atoms with E-state index < -0.39 is 10.0 Å². The molecule has 15 heavy (non-hydrogen) atoms. The highest BCUT2D eigenvalue weighted by molar-refractivity contribution is 7.89. The molecular weight excluding hydrogens is 214 g/mol. The van der Waals surface area contributed by atoms with Gasteiger partial charge in [0.2, 0.25) is 10.0 Å². The first kappa shape index (κ1) is 12.2. The van der Waals surface area contributed by atoms with E-state index in [1.807, 2.05) is 18.5 Å². The molecule has 0 aliphatic carbocycles. The van der Waals surface area contributed by atoms with E-state index >= 15 is 0 Å². The van der Waals surface area contributed by atoms with Crippen LogP contribution in [0.3, 0.4) is 0 Å². The molecule has 0 aliphatic heterocycles. The number of hydrogen-bond acceptors (Lipinski definition) is 3. The first-order chi connectivity index (χ1) is 7.14. The summed E-state index contributed by atoms with van der Waals surface area (Å²) in [5, 5.41) is 3.06. The largest absolute Gasteiger partial charge is 0.367 e. The molecule has 0 aliphatic rings. The van der Waals surface area contributed by atoms with E-state index in [9.17, 15) is 8.42 Å². The van der Waals surface area contributed by atoms with Gasteiger partial charge < -0.3 is 10.3 Å². The lowest BCUT2D eigenvalue weighted by Crippen LogP contribution is -2.31. The first-order valence-electron chi connectivity index (χ1n) is 4.94. The summed E-state index contributed by atoms with van der Waals surface area (Å²) in [6.07, 6.45) is 3.72. The Hall–Kier alpha value is -0.850. The van der Waals surface area contributed by atoms with Crippen LogP contribution in [0.15, 0.2) is 18.5 Å². The quantitative estimate of drug-likeness (QED) is 0.580. The van der Waals surface area contributed by atoms with Gasteiger partial charge in [0.05, 0.1) is 5.75 Å². The molecule has 1 rings (SSSR count). The molecule has 1 aromatic rings. The SMILES string of the molecule is CCNS(=O)(=O)CCNCc1cc[nH]c1. The van der Waals surface area contributed by atoms with E-state index in [1.165, 1.54) is 0 Å². The molecule has 0 bridgehead atoms. The van der Waals surface area contributed by atoms with E-state index in [4.69, 9.17) is 0 Å². The predicted molar refractivity (Wildman–Crippen MR) is 60.0 cm³/mol. The zero-order valence-electron chi connectivity index (χ0n) is 8.79. The summed E-state index contributed by atoms with van der Waals surface area (Å²) in [5.74, 6) is 0.116. The predicted octanol–water partition coefficient (Wildman–Crippen LogP) is 0.0436. The lowest BCUT2D eigenvalue weighted by Gasteiger charge is -2.05. The first-order valence-corrected chi connectivity index (χ1v) is 6.59. The summed E-state index contributed by atoms with van der Waals surface area (Å²) in [5.41, 5.74) is 1.12. The number of aromatic nitrogens is 1. The van der Waals surface area contributed by atoms with E-state index in [0.717, 1.165) is 5.56 Å². The molecule has 5 nitrogen and oxygen atoms in total. The molecule has 1 heterocycles. The molecule has 0 fully saturated rings. The number of nitrogens with one attached hydrogen (secondary N) is 3. The highest BCUT2D eigenvalue weighted by Gasteiger charge is 2.06. The normalized spacial score (nSPS) is 11.8. The van der Waals surface area contributed by atoms with Crippen LogP contribution in [0, 0.1) is 0 Å². The van der Waals surface area contributed by atoms with Crippen molar-refractivity contribution in [3.63, 3.8) is 0 Å². The molecule has 0 saturated heterocycles. The Balaban J connectivity index is 2.17. The summed E-state index contributed by atoms with van der Waals surface area (Å²) >= 11 is 0. The lowest BCUT2D eigenvalue weighted by atomic mass is 10.3. The molecular formula is C9H17N3O2S. The van der Waals surface area contributed by atoms with E-state index in [2.05, 4.69) is 15.0 Å². The fourth-order valence-corrected chi connectivity index (χ4v) is 2.20. The Labute approximate surface area is 90.3 Å². The Kier molecular flexibility index (Phi) is 4.80. The lowest BCUT2D eigenvalue weighted by molar-refractivity contribution is 0.579. The van der Waals surface area contributed by atoms with Crippen molar-refractivity contribution in [3.8, 4) is 0 Å². The summed E-state index contributed by atoms with van der Waals surface area (Å²) in [7, 11) is -3.09. The van der Waals surface area contributed by atoms with Crippen molar-refractivity contribution in [1.82, 2.24) is 15.0 Å². The Bertz CT molecular complexity index is 359. The highest BCUT2D eigenvalue weighted by Crippen LogP contribution is 1.94. The van der Waals surface area contributed by atoms with Gasteiger partial charge in [-0.05, 0) is 11.6 Å². The third-order valence-electron chi connectivity index (χ3n) is 1.90. The third kappa shape index (κ3) is 4.96. The second-order valence-electron chi connectivity index (χ2n) is 3.21. The smallest absolute Gasteiger partial charge is 0.212 e. The summed E-state index contributed by atoms with van der Waals surface area (Å²) in [6.45, 7) is 3.36. The number of rotatable bonds is 7. The second kappa shape index (κ2) is 5.89. The zero-order chi connectivity index (χ0) is 11.1. The minimum atomic E-state index is -3.09. The highest BCUT2D eigenvalue weighted by atomic mass is 32.2. The average Bonchev–Trinajstić information content (AvgIpc) is 2.65. The molecule has 3 N–H and O–H groups in total. The monoisotopic (exact) mass is 231 g/mol. The van der Waals surface area contributed by atoms with Crippen LogP contribution in [-0.4, -0.2) is 32.2 Å². The fourth-order valence-electron chi connectivity index (χ4n) is 1.20. The van der Waals surface area contributed by atoms with Crippen LogP contribution in [0.25, 0.3) is 0 Å². The van der Waals surface area contributed by atoms with Crippen molar-refractivity contribution in [1.29, 1.82) is 0 Å². The average molecular weight is 231 g/mol. The molecule has 1 aromatic heterocycles. The second-order valence-corrected chi connectivity index (χ2v) is 5.14. The van der Waals surface area contributed by atoms with Crippen LogP contribution >= 0.6 is 0 Å². The number of aromatic amines is 1. The van der Waals surface area contributed by atoms with Gasteiger partial charge in [-0.15, -0.1) is 0 Å². The van der Waals surface area contributed by atoms with Crippen LogP contribution in [-0.2, 0) is 16.6 Å². The maximum Gasteiger partial charge on any atom is 0.212 e. The number of sulfonamides is 1. The van der Waals surface area contributed by atoms with Crippen LogP contribution in [0.5, 0.6) is 0 Å². The Morgan fingerprint density at radius 2 is 2.27 bits per heavy atom. The van der Waals surface area contributed by atoms with Crippen LogP contribution in [0.4, 0.5) is 0 Å². The summed E-state index contributed by atoms with van der Waals surface area (Å²) in [6, 6.07) is 1.95. The van der Waals surface area contributed by atoms with Crippen molar-refractivity contribution >= 4 is 10.0 Å². The van der Waals surface area contributed by atoms with Gasteiger partial charge in [0, 0.05) is 32.0 Å². The van der Waals surface area contributed by atoms with E-state index in [0.29, 0.717) is 19.6 Å². The van der Waals surface area contributed by atoms with Crippen LogP contribution in [0.2, 0.25) is 0 Å². The number of H-pyrrole nitrogens is 1. The van der Waals surface area contributed by atoms with Crippen molar-refractivity contribution in [2.24, 2.45) is 0 Å². The van der Waals surface area contributed by atoms with Crippen LogP contribution in [0.1, 0.15) is 12.5 Å². The van der Waals surface area contributed by atoms with E-state index in [1.54, 1.807) is 6.92 Å². The molecule has 6 heteroatoms.